The van der Waals surface area contributed by atoms with E-state index in [9.17, 15) is 24.8 Å². The number of anilines is 2. The number of phenolic OH excluding ortho intramolecular Hbond substituents is 1. The Morgan fingerprint density at radius 1 is 1.05 bits per heavy atom. The minimum atomic E-state index is -1.15. The second-order valence-corrected chi connectivity index (χ2v) is 9.77. The third-order valence-corrected chi connectivity index (χ3v) is 7.31. The zero-order chi connectivity index (χ0) is 27.1. The summed E-state index contributed by atoms with van der Waals surface area (Å²) >= 11 is 3.34. The van der Waals surface area contributed by atoms with Crippen LogP contribution in [0.5, 0.6) is 11.5 Å². The van der Waals surface area contributed by atoms with E-state index in [1.54, 1.807) is 37.3 Å². The topological polar surface area (TPSA) is 122 Å². The Labute approximate surface area is 226 Å². The number of imide groups is 1. The normalized spacial score (nSPS) is 20.7. The van der Waals surface area contributed by atoms with Crippen molar-refractivity contribution in [2.45, 2.75) is 32.4 Å². The van der Waals surface area contributed by atoms with E-state index in [1.807, 2.05) is 19.1 Å². The monoisotopic (exact) mass is 581 g/mol. The first kappa shape index (κ1) is 25.7. The van der Waals surface area contributed by atoms with Crippen molar-refractivity contribution in [1.82, 2.24) is 0 Å². The van der Waals surface area contributed by atoms with E-state index in [4.69, 9.17) is 9.57 Å². The fourth-order valence-corrected chi connectivity index (χ4v) is 5.35. The van der Waals surface area contributed by atoms with Crippen LogP contribution in [-0.2, 0) is 20.8 Å². The van der Waals surface area contributed by atoms with Gasteiger partial charge in [0.05, 0.1) is 33.4 Å². The molecule has 0 unspecified atom stereocenters. The highest BCUT2D eigenvalue weighted by Gasteiger charge is 2.60. The number of rotatable bonds is 7. The molecule has 2 heterocycles. The number of nitrogens with zero attached hydrogens (tertiary/aromatic N) is 3. The van der Waals surface area contributed by atoms with E-state index in [0.717, 1.165) is 16.9 Å². The zero-order valence-corrected chi connectivity index (χ0v) is 22.1. The SMILES string of the molecule is CCOc1cc([C@H]2[C@H]3C(=O)N(c4ccc(CC)cc4)C(=O)[C@H]3ON2c2cccc([N+](=O)[O-])c2)cc(Br)c1O. The summed E-state index contributed by atoms with van der Waals surface area (Å²) in [5.41, 5.74) is 2.16. The third kappa shape index (κ3) is 4.27. The summed E-state index contributed by atoms with van der Waals surface area (Å²) in [5.74, 6) is -1.87. The number of non-ortho nitro benzene ring substituents is 1. The van der Waals surface area contributed by atoms with Crippen LogP contribution in [0.4, 0.5) is 17.1 Å². The predicted molar refractivity (Wildman–Crippen MR) is 142 cm³/mol. The number of fused-ring (bicyclic) bond motifs is 1. The molecule has 2 amide bonds. The highest BCUT2D eigenvalue weighted by Crippen LogP contribution is 2.50. The lowest BCUT2D eigenvalue weighted by molar-refractivity contribution is -0.384. The quantitative estimate of drug-likeness (QED) is 0.233. The van der Waals surface area contributed by atoms with Crippen LogP contribution in [0.1, 0.15) is 31.0 Å². The van der Waals surface area contributed by atoms with Crippen LogP contribution < -0.4 is 14.7 Å². The molecular weight excluding hydrogens is 558 g/mol. The highest BCUT2D eigenvalue weighted by atomic mass is 79.9. The van der Waals surface area contributed by atoms with Gasteiger partial charge in [0.25, 0.3) is 11.6 Å². The number of hydrogen-bond donors (Lipinski definition) is 1. The van der Waals surface area contributed by atoms with Gasteiger partial charge in [0.2, 0.25) is 5.91 Å². The van der Waals surface area contributed by atoms with Crippen LogP contribution in [0.2, 0.25) is 0 Å². The molecular formula is C27H24BrN3O7. The second kappa shape index (κ2) is 10.1. The summed E-state index contributed by atoms with van der Waals surface area (Å²) in [6.07, 6.45) is -0.338. The molecule has 3 atom stereocenters. The van der Waals surface area contributed by atoms with Crippen LogP contribution in [0.3, 0.4) is 0 Å². The molecule has 2 saturated heterocycles. The number of nitro groups is 1. The summed E-state index contributed by atoms with van der Waals surface area (Å²) in [6.45, 7) is 4.06. The molecule has 10 nitrogen and oxygen atoms in total. The summed E-state index contributed by atoms with van der Waals surface area (Å²) in [6, 6.07) is 15.3. The fourth-order valence-electron chi connectivity index (χ4n) is 4.89. The van der Waals surface area contributed by atoms with Crippen molar-refractivity contribution in [1.29, 1.82) is 0 Å². The molecule has 0 saturated carbocycles. The number of carbonyl (C=O) groups excluding carboxylic acids is 2. The number of nitro benzene ring substituents is 1. The average molecular weight is 582 g/mol. The van der Waals surface area contributed by atoms with Crippen LogP contribution in [0, 0.1) is 16.0 Å². The molecule has 5 rings (SSSR count). The van der Waals surface area contributed by atoms with Crippen LogP contribution in [-0.4, -0.2) is 34.6 Å². The zero-order valence-electron chi connectivity index (χ0n) is 20.5. The van der Waals surface area contributed by atoms with Gasteiger partial charge >= 0.3 is 0 Å². The standard InChI is InChI=1S/C27H24BrN3O7/c1-3-15-8-10-17(11-9-15)29-26(33)22-23(16-12-20(28)24(32)21(13-16)37-4-2)30(38-25(22)27(29)34)18-6-5-7-19(14-18)31(35)36/h5-14,22-23,25,32H,3-4H2,1-2H3/t22-,23+,25+/m1/s1. The maximum absolute atomic E-state index is 13.8. The Balaban J connectivity index is 1.62. The Bertz CT molecular complexity index is 1430. The highest BCUT2D eigenvalue weighted by molar-refractivity contribution is 9.10. The number of halogens is 1. The fraction of sp³-hybridized carbons (Fsp3) is 0.259. The molecule has 0 spiro atoms. The van der Waals surface area contributed by atoms with Gasteiger partial charge in [-0.25, -0.2) is 9.96 Å². The number of benzene rings is 3. The minimum absolute atomic E-state index is 0.112. The van der Waals surface area contributed by atoms with Gasteiger partial charge in [0.15, 0.2) is 17.6 Å². The van der Waals surface area contributed by atoms with Crippen molar-refractivity contribution in [3.05, 3.63) is 86.4 Å². The number of carbonyl (C=O) groups is 2. The van der Waals surface area contributed by atoms with Gasteiger partial charge < -0.3 is 9.84 Å². The Kier molecular flexibility index (Phi) is 6.80. The Morgan fingerprint density at radius 3 is 2.45 bits per heavy atom. The summed E-state index contributed by atoms with van der Waals surface area (Å²) in [4.78, 5) is 45.5. The number of phenols is 1. The van der Waals surface area contributed by atoms with Gasteiger partial charge in [-0.3, -0.25) is 24.5 Å². The number of amides is 2. The number of ether oxygens (including phenoxy) is 1. The third-order valence-electron chi connectivity index (χ3n) is 6.71. The first-order valence-corrected chi connectivity index (χ1v) is 12.9. The predicted octanol–water partition coefficient (Wildman–Crippen LogP) is 5.08. The molecule has 11 heteroatoms. The molecule has 0 bridgehead atoms. The molecule has 2 fully saturated rings. The molecule has 0 aliphatic carbocycles. The lowest BCUT2D eigenvalue weighted by Gasteiger charge is -2.29. The summed E-state index contributed by atoms with van der Waals surface area (Å²) in [5, 5.41) is 23.3. The van der Waals surface area contributed by atoms with Crippen molar-refractivity contribution < 1.29 is 29.2 Å². The molecule has 2 aliphatic rings. The average Bonchev–Trinajstić information content (AvgIpc) is 3.42. The molecule has 196 valence electrons. The summed E-state index contributed by atoms with van der Waals surface area (Å²) in [7, 11) is 0. The first-order valence-electron chi connectivity index (χ1n) is 12.1. The second-order valence-electron chi connectivity index (χ2n) is 8.91. The molecule has 2 aliphatic heterocycles. The number of hydroxylamine groups is 1. The number of hydrogen-bond acceptors (Lipinski definition) is 8. The molecule has 38 heavy (non-hydrogen) atoms. The van der Waals surface area contributed by atoms with Crippen molar-refractivity contribution in [3.8, 4) is 11.5 Å². The minimum Gasteiger partial charge on any atom is -0.503 e. The number of aromatic hydroxyl groups is 1. The van der Waals surface area contributed by atoms with Gasteiger partial charge in [0, 0.05) is 12.1 Å². The van der Waals surface area contributed by atoms with E-state index in [1.165, 1.54) is 23.3 Å². The van der Waals surface area contributed by atoms with Gasteiger partial charge in [-0.15, -0.1) is 0 Å². The Morgan fingerprint density at radius 2 is 1.79 bits per heavy atom. The van der Waals surface area contributed by atoms with Crippen molar-refractivity contribution in [3.63, 3.8) is 0 Å². The van der Waals surface area contributed by atoms with E-state index in [2.05, 4.69) is 15.9 Å². The molecule has 1 N–H and O–H groups in total. The molecule has 3 aromatic rings. The molecule has 3 aromatic carbocycles. The van der Waals surface area contributed by atoms with Crippen LogP contribution in [0.15, 0.2) is 65.1 Å². The largest absolute Gasteiger partial charge is 0.503 e. The maximum atomic E-state index is 13.8. The van der Waals surface area contributed by atoms with Crippen molar-refractivity contribution in [2.24, 2.45) is 5.92 Å². The van der Waals surface area contributed by atoms with E-state index in [0.29, 0.717) is 21.4 Å². The summed E-state index contributed by atoms with van der Waals surface area (Å²) < 4.78 is 5.91. The van der Waals surface area contributed by atoms with Gasteiger partial charge in [-0.1, -0.05) is 25.1 Å². The number of aryl methyl sites for hydroxylation is 1. The smallest absolute Gasteiger partial charge is 0.271 e. The van der Waals surface area contributed by atoms with E-state index >= 15 is 0 Å². The van der Waals surface area contributed by atoms with Crippen LogP contribution in [0.25, 0.3) is 0 Å². The van der Waals surface area contributed by atoms with Crippen LogP contribution >= 0.6 is 15.9 Å². The van der Waals surface area contributed by atoms with Crippen molar-refractivity contribution in [2.75, 3.05) is 16.6 Å². The Hall–Kier alpha value is -3.96. The molecule has 0 aromatic heterocycles. The maximum Gasteiger partial charge on any atom is 0.271 e. The van der Waals surface area contributed by atoms with Crippen molar-refractivity contribution >= 4 is 44.8 Å². The lowest BCUT2D eigenvalue weighted by Crippen LogP contribution is -2.37. The van der Waals surface area contributed by atoms with E-state index in [-0.39, 0.29) is 23.8 Å². The first-order chi connectivity index (χ1) is 18.2. The molecule has 0 radical (unpaired) electrons. The van der Waals surface area contributed by atoms with Gasteiger partial charge in [0.1, 0.15) is 5.92 Å². The van der Waals surface area contributed by atoms with Gasteiger partial charge in [-0.05, 0) is 70.7 Å². The lowest BCUT2D eigenvalue weighted by atomic mass is 9.90. The van der Waals surface area contributed by atoms with Gasteiger partial charge in [-0.2, -0.15) is 0 Å². The van der Waals surface area contributed by atoms with E-state index < -0.39 is 34.8 Å².